The van der Waals surface area contributed by atoms with Crippen molar-refractivity contribution in [3.05, 3.63) is 89.0 Å². The molecule has 1 atom stereocenters. The molecule has 0 aliphatic rings. The van der Waals surface area contributed by atoms with Crippen molar-refractivity contribution in [2.75, 3.05) is 30.0 Å². The predicted octanol–water partition coefficient (Wildman–Crippen LogP) is 2.98. The van der Waals surface area contributed by atoms with E-state index in [0.29, 0.717) is 35.5 Å². The fraction of sp³-hybridized carbons (Fsp3) is 0.250. The molecule has 0 radical (unpaired) electrons. The number of sulfone groups is 1. The first-order valence-corrected chi connectivity index (χ1v) is 14.2. The Morgan fingerprint density at radius 3 is 2.30 bits per heavy atom. The first kappa shape index (κ1) is 30.1. The van der Waals surface area contributed by atoms with E-state index in [1.165, 1.54) is 23.1 Å². The summed E-state index contributed by atoms with van der Waals surface area (Å²) in [5.74, 6) is -1.75. The Morgan fingerprint density at radius 1 is 1.00 bits per heavy atom. The minimum absolute atomic E-state index is 0.0160. The Hall–Kier alpha value is -4.42. The summed E-state index contributed by atoms with van der Waals surface area (Å²) in [6.07, 6.45) is 0.512. The molecule has 7 N–H and O–H groups in total. The highest BCUT2D eigenvalue weighted by Crippen LogP contribution is 2.23. The lowest BCUT2D eigenvalue weighted by atomic mass is 10.0. The average molecular weight is 568 g/mol. The molecule has 0 aliphatic heterocycles. The van der Waals surface area contributed by atoms with Crippen LogP contribution in [0.5, 0.6) is 0 Å². The number of carboxylic acid groups (broad SMARTS) is 1. The number of aliphatic carboxylic acids is 1. The van der Waals surface area contributed by atoms with Gasteiger partial charge in [0.25, 0.3) is 0 Å². The summed E-state index contributed by atoms with van der Waals surface area (Å²) in [5.41, 5.74) is 14.0. The van der Waals surface area contributed by atoms with E-state index in [4.69, 9.17) is 11.5 Å². The molecule has 0 fully saturated rings. The fourth-order valence-electron chi connectivity index (χ4n) is 3.99. The molecular weight excluding hydrogens is 534 g/mol. The number of hydrogen-bond donors (Lipinski definition) is 5. The van der Waals surface area contributed by atoms with Gasteiger partial charge in [0, 0.05) is 37.1 Å². The molecule has 0 aliphatic carbocycles. The number of anilines is 2. The van der Waals surface area contributed by atoms with E-state index in [0.717, 1.165) is 5.56 Å². The summed E-state index contributed by atoms with van der Waals surface area (Å²) in [5, 5.41) is 15.4. The van der Waals surface area contributed by atoms with E-state index >= 15 is 0 Å². The van der Waals surface area contributed by atoms with Gasteiger partial charge in [-0.05, 0) is 59.5 Å². The van der Waals surface area contributed by atoms with Crippen molar-refractivity contribution in [1.82, 2.24) is 4.90 Å². The van der Waals surface area contributed by atoms with Gasteiger partial charge in [-0.2, -0.15) is 0 Å². The molecule has 1 unspecified atom stereocenters. The molecule has 12 heteroatoms. The molecule has 0 bridgehead atoms. The van der Waals surface area contributed by atoms with E-state index in [-0.39, 0.29) is 28.8 Å². The zero-order valence-corrected chi connectivity index (χ0v) is 23.1. The number of rotatable bonds is 12. The smallest absolute Gasteiger partial charge is 0.330 e. The van der Waals surface area contributed by atoms with E-state index in [9.17, 15) is 27.9 Å². The molecule has 0 saturated carbocycles. The fourth-order valence-corrected chi connectivity index (χ4v) is 5.11. The lowest BCUT2D eigenvalue weighted by molar-refractivity contribution is -0.138. The standard InChI is InChI=1S/C28H33N5O6S/c1-3-40(38,39)24-12-11-23(16-21(24)17-29)32-28(37)33(2)14-13-18-7-9-19(10-8-18)25(27(35)36)31-22-6-4-5-20(15-22)26(30)34/h4-12,15-16,25,31H,3,13-14,17,29H2,1-2H3,(H2,30,34)(H,32,37)(H,35,36). The van der Waals surface area contributed by atoms with Crippen molar-refractivity contribution >= 4 is 39.1 Å². The highest BCUT2D eigenvalue weighted by molar-refractivity contribution is 7.91. The molecule has 40 heavy (non-hydrogen) atoms. The van der Waals surface area contributed by atoms with E-state index in [1.807, 2.05) is 0 Å². The molecule has 0 spiro atoms. The van der Waals surface area contributed by atoms with Gasteiger partial charge in [-0.1, -0.05) is 37.3 Å². The zero-order chi connectivity index (χ0) is 29.4. The van der Waals surface area contributed by atoms with Gasteiger partial charge in [0.05, 0.1) is 10.6 Å². The lowest BCUT2D eigenvalue weighted by Gasteiger charge is -2.19. The van der Waals surface area contributed by atoms with Gasteiger partial charge < -0.3 is 32.1 Å². The molecule has 212 valence electrons. The maximum atomic E-state index is 12.7. The Balaban J connectivity index is 1.61. The summed E-state index contributed by atoms with van der Waals surface area (Å²) in [6, 6.07) is 16.4. The third-order valence-electron chi connectivity index (χ3n) is 6.35. The second-order valence-electron chi connectivity index (χ2n) is 9.13. The van der Waals surface area contributed by atoms with Crippen molar-refractivity contribution in [2.24, 2.45) is 11.5 Å². The molecule has 0 saturated heterocycles. The van der Waals surface area contributed by atoms with E-state index in [2.05, 4.69) is 10.6 Å². The van der Waals surface area contributed by atoms with Gasteiger partial charge in [-0.3, -0.25) is 4.79 Å². The van der Waals surface area contributed by atoms with Crippen molar-refractivity contribution in [3.63, 3.8) is 0 Å². The highest BCUT2D eigenvalue weighted by Gasteiger charge is 2.20. The largest absolute Gasteiger partial charge is 0.479 e. The molecular formula is C28H33N5O6S. The number of carboxylic acids is 1. The van der Waals surface area contributed by atoms with Crippen LogP contribution in [0.3, 0.4) is 0 Å². The van der Waals surface area contributed by atoms with Crippen LogP contribution in [-0.2, 0) is 27.6 Å². The zero-order valence-electron chi connectivity index (χ0n) is 22.3. The van der Waals surface area contributed by atoms with Crippen LogP contribution in [0.4, 0.5) is 16.2 Å². The van der Waals surface area contributed by atoms with Crippen LogP contribution in [0.1, 0.15) is 40.0 Å². The maximum absolute atomic E-state index is 12.7. The molecule has 3 aromatic carbocycles. The number of carbonyl (C=O) groups is 3. The predicted molar refractivity (Wildman–Crippen MR) is 153 cm³/mol. The molecule has 0 aromatic heterocycles. The maximum Gasteiger partial charge on any atom is 0.330 e. The van der Waals surface area contributed by atoms with Crippen LogP contribution >= 0.6 is 0 Å². The number of carbonyl (C=O) groups excluding carboxylic acids is 2. The Labute approximate surface area is 233 Å². The van der Waals surface area contributed by atoms with Gasteiger partial charge >= 0.3 is 12.0 Å². The van der Waals surface area contributed by atoms with Crippen molar-refractivity contribution < 1.29 is 27.9 Å². The number of benzene rings is 3. The quantitative estimate of drug-likeness (QED) is 0.221. The van der Waals surface area contributed by atoms with E-state index < -0.39 is 27.8 Å². The van der Waals surface area contributed by atoms with Gasteiger partial charge in [0.15, 0.2) is 15.9 Å². The normalized spacial score (nSPS) is 11.9. The van der Waals surface area contributed by atoms with Gasteiger partial charge in [-0.25, -0.2) is 18.0 Å². The van der Waals surface area contributed by atoms with Crippen molar-refractivity contribution in [1.29, 1.82) is 0 Å². The Bertz CT molecular complexity index is 1490. The summed E-state index contributed by atoms with van der Waals surface area (Å²) < 4.78 is 24.5. The number of primary amides is 1. The van der Waals surface area contributed by atoms with E-state index in [1.54, 1.807) is 62.5 Å². The second-order valence-corrected chi connectivity index (χ2v) is 11.4. The third kappa shape index (κ3) is 7.58. The summed E-state index contributed by atoms with van der Waals surface area (Å²) in [4.78, 5) is 37.7. The van der Waals surface area contributed by atoms with Crippen LogP contribution in [0, 0.1) is 0 Å². The molecule has 11 nitrogen and oxygen atoms in total. The Morgan fingerprint density at radius 2 is 1.70 bits per heavy atom. The number of nitrogens with one attached hydrogen (secondary N) is 2. The van der Waals surface area contributed by atoms with Crippen LogP contribution in [0.15, 0.2) is 71.6 Å². The molecule has 3 amide bonds. The first-order chi connectivity index (χ1) is 18.9. The molecule has 3 rings (SSSR count). The second kappa shape index (κ2) is 13.1. The number of likely N-dealkylation sites (N-methyl/N-ethyl adjacent to an activating group) is 1. The minimum atomic E-state index is -3.43. The summed E-state index contributed by atoms with van der Waals surface area (Å²) in [6.45, 7) is 1.95. The number of amides is 3. The van der Waals surface area contributed by atoms with Gasteiger partial charge in [0.2, 0.25) is 5.91 Å². The minimum Gasteiger partial charge on any atom is -0.479 e. The van der Waals surface area contributed by atoms with Crippen LogP contribution in [0.2, 0.25) is 0 Å². The average Bonchev–Trinajstić information content (AvgIpc) is 2.94. The van der Waals surface area contributed by atoms with Crippen molar-refractivity contribution in [2.45, 2.75) is 30.8 Å². The number of nitrogens with zero attached hydrogens (tertiary/aromatic N) is 1. The SMILES string of the molecule is CCS(=O)(=O)c1ccc(NC(=O)N(C)CCc2ccc(C(Nc3cccc(C(N)=O)c3)C(=O)O)cc2)cc1CN. The van der Waals surface area contributed by atoms with Gasteiger partial charge in [-0.15, -0.1) is 0 Å². The van der Waals surface area contributed by atoms with Crippen molar-refractivity contribution in [3.8, 4) is 0 Å². The van der Waals surface area contributed by atoms with Crippen LogP contribution < -0.4 is 22.1 Å². The van der Waals surface area contributed by atoms with Crippen LogP contribution in [-0.4, -0.2) is 55.7 Å². The third-order valence-corrected chi connectivity index (χ3v) is 8.18. The lowest BCUT2D eigenvalue weighted by Crippen LogP contribution is -2.33. The summed E-state index contributed by atoms with van der Waals surface area (Å²) in [7, 11) is -1.80. The number of nitrogens with two attached hydrogens (primary N) is 2. The molecule has 3 aromatic rings. The highest BCUT2D eigenvalue weighted by atomic mass is 32.2. The summed E-state index contributed by atoms with van der Waals surface area (Å²) >= 11 is 0. The Kier molecular flexibility index (Phi) is 9.86. The molecule has 0 heterocycles. The topological polar surface area (TPSA) is 185 Å². The van der Waals surface area contributed by atoms with Crippen LogP contribution in [0.25, 0.3) is 0 Å². The first-order valence-electron chi connectivity index (χ1n) is 12.5. The van der Waals surface area contributed by atoms with Gasteiger partial charge in [0.1, 0.15) is 0 Å². The monoisotopic (exact) mass is 567 g/mol. The number of hydrogen-bond acceptors (Lipinski definition) is 7. The number of urea groups is 1.